The fourth-order valence-corrected chi connectivity index (χ4v) is 2.19. The summed E-state index contributed by atoms with van der Waals surface area (Å²) in [6, 6.07) is 6.33. The number of rotatable bonds is 4. The highest BCUT2D eigenvalue weighted by Crippen LogP contribution is 2.36. The number of pyridine rings is 1. The SMILES string of the molecule is CC(C)Nc1cc(C(=O)Nc2ccc(Cl)c(C(F)(F)F)c2)ccn1. The molecule has 4 nitrogen and oxygen atoms in total. The van der Waals surface area contributed by atoms with Gasteiger partial charge < -0.3 is 10.6 Å². The first-order valence-corrected chi connectivity index (χ1v) is 7.45. The van der Waals surface area contributed by atoms with E-state index in [1.54, 1.807) is 0 Å². The molecular formula is C16H15ClF3N3O. The van der Waals surface area contributed by atoms with E-state index >= 15 is 0 Å². The minimum atomic E-state index is -4.59. The largest absolute Gasteiger partial charge is 0.417 e. The molecule has 0 bridgehead atoms. The summed E-state index contributed by atoms with van der Waals surface area (Å²) < 4.78 is 38.5. The van der Waals surface area contributed by atoms with Gasteiger partial charge in [0.2, 0.25) is 0 Å². The molecular weight excluding hydrogens is 343 g/mol. The van der Waals surface area contributed by atoms with Gasteiger partial charge in [-0.1, -0.05) is 11.6 Å². The number of carbonyl (C=O) groups is 1. The summed E-state index contributed by atoms with van der Waals surface area (Å²) in [6.07, 6.45) is -3.15. The van der Waals surface area contributed by atoms with Crippen LogP contribution in [0.4, 0.5) is 24.7 Å². The summed E-state index contributed by atoms with van der Waals surface area (Å²) >= 11 is 5.55. The van der Waals surface area contributed by atoms with Crippen molar-refractivity contribution in [2.24, 2.45) is 0 Å². The van der Waals surface area contributed by atoms with Crippen molar-refractivity contribution in [2.75, 3.05) is 10.6 Å². The Kier molecular flexibility index (Phi) is 5.33. The molecule has 24 heavy (non-hydrogen) atoms. The summed E-state index contributed by atoms with van der Waals surface area (Å²) in [5.41, 5.74) is -0.720. The molecule has 0 saturated carbocycles. The van der Waals surface area contributed by atoms with Crippen LogP contribution < -0.4 is 10.6 Å². The monoisotopic (exact) mass is 357 g/mol. The lowest BCUT2D eigenvalue weighted by molar-refractivity contribution is -0.137. The quantitative estimate of drug-likeness (QED) is 0.824. The van der Waals surface area contributed by atoms with Crippen LogP contribution in [0.25, 0.3) is 0 Å². The Hall–Kier alpha value is -2.28. The van der Waals surface area contributed by atoms with Gasteiger partial charge >= 0.3 is 6.18 Å². The predicted octanol–water partition coefficient (Wildman–Crippen LogP) is 4.83. The van der Waals surface area contributed by atoms with Gasteiger partial charge in [-0.3, -0.25) is 4.79 Å². The minimum absolute atomic E-state index is 0.00639. The van der Waals surface area contributed by atoms with Crippen molar-refractivity contribution in [3.8, 4) is 0 Å². The summed E-state index contributed by atoms with van der Waals surface area (Å²) in [7, 11) is 0. The summed E-state index contributed by atoms with van der Waals surface area (Å²) in [6.45, 7) is 3.83. The first kappa shape index (κ1) is 18.1. The first-order chi connectivity index (χ1) is 11.2. The number of aromatic nitrogens is 1. The van der Waals surface area contributed by atoms with E-state index in [1.165, 1.54) is 24.4 Å². The van der Waals surface area contributed by atoms with Gasteiger partial charge in [0, 0.05) is 23.5 Å². The molecule has 8 heteroatoms. The van der Waals surface area contributed by atoms with Crippen LogP contribution in [0.1, 0.15) is 29.8 Å². The third-order valence-electron chi connectivity index (χ3n) is 2.99. The Morgan fingerprint density at radius 3 is 2.54 bits per heavy atom. The maximum Gasteiger partial charge on any atom is 0.417 e. The lowest BCUT2D eigenvalue weighted by Crippen LogP contribution is -2.15. The molecule has 0 fully saturated rings. The highest BCUT2D eigenvalue weighted by Gasteiger charge is 2.33. The highest BCUT2D eigenvalue weighted by atomic mass is 35.5. The van der Waals surface area contributed by atoms with Gasteiger partial charge in [-0.25, -0.2) is 4.98 Å². The van der Waals surface area contributed by atoms with Crippen LogP contribution in [0.2, 0.25) is 5.02 Å². The van der Waals surface area contributed by atoms with E-state index in [0.29, 0.717) is 5.82 Å². The Balaban J connectivity index is 2.21. The Morgan fingerprint density at radius 2 is 1.92 bits per heavy atom. The van der Waals surface area contributed by atoms with Crippen molar-refractivity contribution in [2.45, 2.75) is 26.1 Å². The molecule has 1 heterocycles. The molecule has 2 aromatic rings. The van der Waals surface area contributed by atoms with E-state index < -0.39 is 22.7 Å². The Bertz CT molecular complexity index is 748. The zero-order valence-corrected chi connectivity index (χ0v) is 13.7. The third-order valence-corrected chi connectivity index (χ3v) is 3.32. The van der Waals surface area contributed by atoms with Crippen molar-refractivity contribution >= 4 is 29.0 Å². The highest BCUT2D eigenvalue weighted by molar-refractivity contribution is 6.31. The minimum Gasteiger partial charge on any atom is -0.368 e. The second-order valence-corrected chi connectivity index (χ2v) is 5.78. The van der Waals surface area contributed by atoms with Crippen molar-refractivity contribution < 1.29 is 18.0 Å². The third kappa shape index (κ3) is 4.61. The molecule has 0 unspecified atom stereocenters. The zero-order chi connectivity index (χ0) is 17.9. The van der Waals surface area contributed by atoms with E-state index in [9.17, 15) is 18.0 Å². The number of carbonyl (C=O) groups excluding carboxylic acids is 1. The number of nitrogens with one attached hydrogen (secondary N) is 2. The fourth-order valence-electron chi connectivity index (χ4n) is 1.97. The van der Waals surface area contributed by atoms with E-state index in [1.807, 2.05) is 13.8 Å². The van der Waals surface area contributed by atoms with Crippen LogP contribution in [-0.4, -0.2) is 16.9 Å². The second kappa shape index (κ2) is 7.09. The molecule has 0 aliphatic heterocycles. The normalized spacial score (nSPS) is 11.5. The van der Waals surface area contributed by atoms with Crippen LogP contribution in [0.3, 0.4) is 0 Å². The zero-order valence-electron chi connectivity index (χ0n) is 12.9. The summed E-state index contributed by atoms with van der Waals surface area (Å²) in [4.78, 5) is 16.3. The van der Waals surface area contributed by atoms with Gasteiger partial charge in [0.05, 0.1) is 10.6 Å². The van der Waals surface area contributed by atoms with Gasteiger partial charge in [0.25, 0.3) is 5.91 Å². The van der Waals surface area contributed by atoms with Crippen LogP contribution in [0.15, 0.2) is 36.5 Å². The van der Waals surface area contributed by atoms with Gasteiger partial charge in [-0.15, -0.1) is 0 Å². The van der Waals surface area contributed by atoms with Crippen molar-refractivity contribution in [3.05, 3.63) is 52.7 Å². The molecule has 2 N–H and O–H groups in total. The molecule has 0 aliphatic carbocycles. The predicted molar refractivity (Wildman–Crippen MR) is 87.4 cm³/mol. The van der Waals surface area contributed by atoms with Crippen molar-refractivity contribution in [3.63, 3.8) is 0 Å². The topological polar surface area (TPSA) is 54.0 Å². The maximum atomic E-state index is 12.8. The maximum absolute atomic E-state index is 12.8. The first-order valence-electron chi connectivity index (χ1n) is 7.07. The molecule has 0 radical (unpaired) electrons. The lowest BCUT2D eigenvalue weighted by atomic mass is 10.1. The number of hydrogen-bond donors (Lipinski definition) is 2. The number of alkyl halides is 3. The number of anilines is 2. The molecule has 1 amide bonds. The summed E-state index contributed by atoms with van der Waals surface area (Å²) in [5, 5.41) is 5.05. The van der Waals surface area contributed by atoms with Crippen LogP contribution >= 0.6 is 11.6 Å². The number of benzene rings is 1. The average molecular weight is 358 g/mol. The van der Waals surface area contributed by atoms with E-state index in [4.69, 9.17) is 11.6 Å². The molecule has 1 aromatic carbocycles. The van der Waals surface area contributed by atoms with Gasteiger partial charge in [0.15, 0.2) is 0 Å². The van der Waals surface area contributed by atoms with Gasteiger partial charge in [-0.05, 0) is 44.2 Å². The van der Waals surface area contributed by atoms with E-state index in [2.05, 4.69) is 15.6 Å². The fraction of sp³-hybridized carbons (Fsp3) is 0.250. The molecule has 2 rings (SSSR count). The molecule has 128 valence electrons. The van der Waals surface area contributed by atoms with E-state index in [0.717, 1.165) is 12.1 Å². The lowest BCUT2D eigenvalue weighted by Gasteiger charge is -2.12. The smallest absolute Gasteiger partial charge is 0.368 e. The standard InChI is InChI=1S/C16H15ClF3N3O/c1-9(2)22-14-7-10(5-6-21-14)15(24)23-11-3-4-13(17)12(8-11)16(18,19)20/h3-9H,1-2H3,(H,21,22)(H,23,24). The Labute approximate surface area is 142 Å². The average Bonchev–Trinajstić information content (AvgIpc) is 2.47. The Morgan fingerprint density at radius 1 is 1.21 bits per heavy atom. The molecule has 0 spiro atoms. The van der Waals surface area contributed by atoms with Gasteiger partial charge in [0.1, 0.15) is 5.82 Å². The number of halogens is 4. The summed E-state index contributed by atoms with van der Waals surface area (Å²) in [5.74, 6) is -0.0376. The van der Waals surface area contributed by atoms with Crippen molar-refractivity contribution in [1.82, 2.24) is 4.98 Å². The van der Waals surface area contributed by atoms with Gasteiger partial charge in [-0.2, -0.15) is 13.2 Å². The molecule has 0 saturated heterocycles. The van der Waals surface area contributed by atoms with Crippen LogP contribution in [0.5, 0.6) is 0 Å². The second-order valence-electron chi connectivity index (χ2n) is 5.38. The molecule has 0 atom stereocenters. The molecule has 1 aromatic heterocycles. The van der Waals surface area contributed by atoms with Crippen molar-refractivity contribution in [1.29, 1.82) is 0 Å². The number of hydrogen-bond acceptors (Lipinski definition) is 3. The van der Waals surface area contributed by atoms with Crippen LogP contribution in [0, 0.1) is 0 Å². The number of amides is 1. The van der Waals surface area contributed by atoms with Crippen LogP contribution in [-0.2, 0) is 6.18 Å². The number of nitrogens with zero attached hydrogens (tertiary/aromatic N) is 1. The van der Waals surface area contributed by atoms with E-state index in [-0.39, 0.29) is 17.3 Å². The molecule has 0 aliphatic rings.